The standard InChI is InChI=1S/2C11H15.2ClH.Hf/c2*1-2-6-10(7-3-1)11-8-4-5-9-11;;;/h2*4,8,10H,1-3,5-7H2;2*1H;/q;;;;+2/p-2. The molecule has 0 atom stereocenters. The molecule has 0 amide bonds. The fraction of sp³-hybridized carbons (Fsp3) is 0.636. The van der Waals surface area contributed by atoms with Crippen LogP contribution in [0.5, 0.6) is 0 Å². The second-order valence-corrected chi connectivity index (χ2v) is 13.1. The Morgan fingerprint density at radius 1 is 0.600 bits per heavy atom. The first-order valence-electron chi connectivity index (χ1n) is 9.98. The normalized spacial score (nSPS) is 24.3. The van der Waals surface area contributed by atoms with E-state index in [0.29, 0.717) is 0 Å². The van der Waals surface area contributed by atoms with E-state index in [1.165, 1.54) is 77.0 Å². The van der Waals surface area contributed by atoms with E-state index < -0.39 is 22.9 Å². The Bertz CT molecular complexity index is 509. The van der Waals surface area contributed by atoms with Crippen molar-refractivity contribution in [3.8, 4) is 0 Å². The number of allylic oxidation sites excluding steroid dienone is 8. The molecule has 25 heavy (non-hydrogen) atoms. The number of hydrogen-bond donors (Lipinski definition) is 0. The van der Waals surface area contributed by atoms with Gasteiger partial charge in [0.05, 0.1) is 0 Å². The average Bonchev–Trinajstić information content (AvgIpc) is 3.26. The van der Waals surface area contributed by atoms with Gasteiger partial charge in [0, 0.05) is 0 Å². The molecular formula is C22H30Cl2Hf. The van der Waals surface area contributed by atoms with Crippen LogP contribution in [-0.2, 0) is 22.9 Å². The molecule has 0 radical (unpaired) electrons. The maximum atomic E-state index is 2.53. The predicted molar refractivity (Wildman–Crippen MR) is 94.7 cm³/mol. The molecule has 0 aliphatic heterocycles. The molecule has 0 unspecified atom stereocenters. The fourth-order valence-corrected chi connectivity index (χ4v) is 11.1. The minimum Gasteiger partial charge on any atom is -1.00 e. The van der Waals surface area contributed by atoms with E-state index in [4.69, 9.17) is 0 Å². The molecule has 0 N–H and O–H groups in total. The van der Waals surface area contributed by atoms with Crippen molar-refractivity contribution in [2.75, 3.05) is 0 Å². The largest absolute Gasteiger partial charge is 1.00 e. The van der Waals surface area contributed by atoms with E-state index in [1.807, 2.05) is 17.8 Å². The van der Waals surface area contributed by atoms with Crippen molar-refractivity contribution in [2.45, 2.75) is 77.0 Å². The number of halogens is 2. The van der Waals surface area contributed by atoms with Crippen LogP contribution in [0.2, 0.25) is 0 Å². The molecule has 2 saturated carbocycles. The van der Waals surface area contributed by atoms with Crippen LogP contribution in [0.15, 0.2) is 42.1 Å². The second kappa shape index (κ2) is 10.7. The van der Waals surface area contributed by atoms with Crippen molar-refractivity contribution >= 4 is 0 Å². The molecule has 0 nitrogen and oxygen atoms in total. The van der Waals surface area contributed by atoms with Gasteiger partial charge >= 0.3 is 154 Å². The van der Waals surface area contributed by atoms with Gasteiger partial charge < -0.3 is 24.8 Å². The number of rotatable bonds is 4. The van der Waals surface area contributed by atoms with Crippen LogP contribution < -0.4 is 24.8 Å². The summed E-state index contributed by atoms with van der Waals surface area (Å²) in [6.45, 7) is 0. The Morgan fingerprint density at radius 3 is 1.40 bits per heavy atom. The first-order chi connectivity index (χ1) is 11.4. The van der Waals surface area contributed by atoms with Gasteiger partial charge in [0.25, 0.3) is 0 Å². The quantitative estimate of drug-likeness (QED) is 0.458. The first-order valence-corrected chi connectivity index (χ1v) is 13.6. The van der Waals surface area contributed by atoms with Gasteiger partial charge in [0.2, 0.25) is 0 Å². The van der Waals surface area contributed by atoms with E-state index in [1.54, 1.807) is 0 Å². The van der Waals surface area contributed by atoms with Crippen molar-refractivity contribution in [3.05, 3.63) is 42.1 Å². The van der Waals surface area contributed by atoms with Crippen LogP contribution in [0.3, 0.4) is 0 Å². The van der Waals surface area contributed by atoms with Gasteiger partial charge in [0.1, 0.15) is 0 Å². The molecule has 136 valence electrons. The Kier molecular flexibility index (Phi) is 9.26. The van der Waals surface area contributed by atoms with E-state index in [-0.39, 0.29) is 24.8 Å². The summed E-state index contributed by atoms with van der Waals surface area (Å²) in [5.41, 5.74) is 3.66. The van der Waals surface area contributed by atoms with Crippen molar-refractivity contribution in [1.29, 1.82) is 0 Å². The minimum absolute atomic E-state index is 0. The molecule has 0 aromatic rings. The van der Waals surface area contributed by atoms with E-state index >= 15 is 0 Å². The molecule has 0 aromatic carbocycles. The smallest absolute Gasteiger partial charge is 1.00 e. The first kappa shape index (κ1) is 21.7. The van der Waals surface area contributed by atoms with E-state index in [2.05, 4.69) is 24.3 Å². The molecule has 4 aliphatic rings. The molecule has 0 saturated heterocycles. The minimum atomic E-state index is -0.771. The zero-order valence-corrected chi connectivity index (χ0v) is 20.3. The Balaban J connectivity index is 0.00000113. The summed E-state index contributed by atoms with van der Waals surface area (Å²) in [5, 5.41) is 0. The maximum Gasteiger partial charge on any atom is -1.00 e. The molecule has 2 fully saturated rings. The molecule has 4 rings (SSSR count). The molecule has 0 heterocycles. The zero-order valence-electron chi connectivity index (χ0n) is 15.2. The fourth-order valence-electron chi connectivity index (χ4n) is 5.07. The molecule has 0 spiro atoms. The van der Waals surface area contributed by atoms with E-state index in [0.717, 1.165) is 11.8 Å². The van der Waals surface area contributed by atoms with Gasteiger partial charge in [0.15, 0.2) is 0 Å². The van der Waals surface area contributed by atoms with Crippen LogP contribution in [0.1, 0.15) is 77.0 Å². The van der Waals surface area contributed by atoms with Crippen LogP contribution in [0.4, 0.5) is 0 Å². The third kappa shape index (κ3) is 5.23. The third-order valence-electron chi connectivity index (χ3n) is 6.33. The monoisotopic (exact) mass is 544 g/mol. The van der Waals surface area contributed by atoms with Gasteiger partial charge in [-0.15, -0.1) is 0 Å². The summed E-state index contributed by atoms with van der Waals surface area (Å²) in [5.74, 6) is 1.86. The van der Waals surface area contributed by atoms with Gasteiger partial charge in [-0.2, -0.15) is 0 Å². The van der Waals surface area contributed by atoms with Crippen LogP contribution in [-0.4, -0.2) is 0 Å². The van der Waals surface area contributed by atoms with Crippen molar-refractivity contribution < 1.29 is 47.7 Å². The zero-order chi connectivity index (χ0) is 15.5. The molecular weight excluding hydrogens is 514 g/mol. The molecule has 4 aliphatic carbocycles. The van der Waals surface area contributed by atoms with Gasteiger partial charge in [-0.3, -0.25) is 0 Å². The number of hydrogen-bond acceptors (Lipinski definition) is 0. The van der Waals surface area contributed by atoms with Crippen LogP contribution in [0.25, 0.3) is 0 Å². The van der Waals surface area contributed by atoms with Crippen molar-refractivity contribution in [3.63, 3.8) is 0 Å². The summed E-state index contributed by atoms with van der Waals surface area (Å²) in [6.07, 6.45) is 27.4. The van der Waals surface area contributed by atoms with Crippen molar-refractivity contribution in [1.82, 2.24) is 0 Å². The summed E-state index contributed by atoms with van der Waals surface area (Å²) >= 11 is -0.771. The summed E-state index contributed by atoms with van der Waals surface area (Å²) in [4.78, 5) is 0. The van der Waals surface area contributed by atoms with Crippen LogP contribution in [0, 0.1) is 11.8 Å². The summed E-state index contributed by atoms with van der Waals surface area (Å²) in [7, 11) is 0. The van der Waals surface area contributed by atoms with Crippen molar-refractivity contribution in [2.24, 2.45) is 11.8 Å². The van der Waals surface area contributed by atoms with Crippen LogP contribution >= 0.6 is 0 Å². The van der Waals surface area contributed by atoms with Gasteiger partial charge in [-0.05, 0) is 0 Å². The maximum absolute atomic E-state index is 2.53. The predicted octanol–water partition coefficient (Wildman–Crippen LogP) is 0.666. The molecule has 0 bridgehead atoms. The summed E-state index contributed by atoms with van der Waals surface area (Å²) < 4.78 is 3.92. The van der Waals surface area contributed by atoms with Gasteiger partial charge in [-0.25, -0.2) is 0 Å². The molecule has 3 heteroatoms. The Hall–Kier alpha value is 0.410. The Labute approximate surface area is 177 Å². The topological polar surface area (TPSA) is 0 Å². The average molecular weight is 544 g/mol. The second-order valence-electron chi connectivity index (χ2n) is 7.88. The molecule has 0 aromatic heterocycles. The summed E-state index contributed by atoms with van der Waals surface area (Å²) in [6, 6.07) is 0. The van der Waals surface area contributed by atoms with E-state index in [9.17, 15) is 0 Å². The Morgan fingerprint density at radius 2 is 1.00 bits per heavy atom. The third-order valence-corrected chi connectivity index (χ3v) is 12.0. The van der Waals surface area contributed by atoms with Gasteiger partial charge in [-0.1, -0.05) is 0 Å². The SMILES string of the molecule is C1=CC(C2CCCCC2)=[C]([Hf+2][C]2=C(C3CCCCC3)C=CC2)C1.[Cl-].[Cl-].